The zero-order chi connectivity index (χ0) is 14.8. The second-order valence-electron chi connectivity index (χ2n) is 4.91. The summed E-state index contributed by atoms with van der Waals surface area (Å²) >= 11 is 0. The van der Waals surface area contributed by atoms with Crippen LogP contribution < -0.4 is 10.6 Å². The summed E-state index contributed by atoms with van der Waals surface area (Å²) in [6.45, 7) is 1.54. The maximum atomic E-state index is 11.6. The van der Waals surface area contributed by atoms with Gasteiger partial charge in [-0.05, 0) is 18.2 Å². The van der Waals surface area contributed by atoms with E-state index >= 15 is 0 Å². The van der Waals surface area contributed by atoms with Crippen molar-refractivity contribution in [3.05, 3.63) is 47.3 Å². The predicted octanol–water partition coefficient (Wildman–Crippen LogP) is 1.41. The molecule has 6 heteroatoms. The van der Waals surface area contributed by atoms with Gasteiger partial charge in [0.05, 0.1) is 18.4 Å². The highest BCUT2D eigenvalue weighted by Gasteiger charge is 2.19. The van der Waals surface area contributed by atoms with Gasteiger partial charge >= 0.3 is 5.97 Å². The Morgan fingerprint density at radius 1 is 1.43 bits per heavy atom. The number of carbonyl (C=O) groups is 1. The molecule has 2 N–H and O–H groups in total. The molecule has 1 aromatic carbocycles. The number of rotatable bonds is 2. The molecule has 1 aliphatic rings. The summed E-state index contributed by atoms with van der Waals surface area (Å²) in [6.07, 6.45) is 2.58. The molecule has 0 amide bonds. The van der Waals surface area contributed by atoms with Crippen LogP contribution in [0.5, 0.6) is 0 Å². The number of benzene rings is 1. The number of esters is 1. The second kappa shape index (κ2) is 5.40. The summed E-state index contributed by atoms with van der Waals surface area (Å²) in [6, 6.07) is 7.43. The number of hydrogen-bond donors (Lipinski definition) is 1. The maximum absolute atomic E-state index is 11.6. The Labute approximate surface area is 122 Å². The SMILES string of the molecule is COC(=O)c1cccc(N2CCc3nc(N)ncc3C2)c1. The number of ether oxygens (including phenoxy) is 1. The highest BCUT2D eigenvalue weighted by Crippen LogP contribution is 2.24. The molecule has 0 fully saturated rings. The molecule has 108 valence electrons. The first-order chi connectivity index (χ1) is 10.2. The normalized spacial score (nSPS) is 13.7. The van der Waals surface area contributed by atoms with Crippen LogP contribution in [-0.2, 0) is 17.7 Å². The second-order valence-corrected chi connectivity index (χ2v) is 4.91. The van der Waals surface area contributed by atoms with Crippen LogP contribution in [-0.4, -0.2) is 29.6 Å². The molecule has 6 nitrogen and oxygen atoms in total. The average molecular weight is 284 g/mol. The molecular weight excluding hydrogens is 268 g/mol. The Morgan fingerprint density at radius 3 is 3.10 bits per heavy atom. The first-order valence-electron chi connectivity index (χ1n) is 6.71. The highest BCUT2D eigenvalue weighted by atomic mass is 16.5. The minimum Gasteiger partial charge on any atom is -0.465 e. The van der Waals surface area contributed by atoms with Crippen LogP contribution in [0.4, 0.5) is 11.6 Å². The van der Waals surface area contributed by atoms with E-state index in [0.717, 1.165) is 29.9 Å². The molecular formula is C15H16N4O2. The van der Waals surface area contributed by atoms with Crippen molar-refractivity contribution in [2.75, 3.05) is 24.3 Å². The molecule has 0 spiro atoms. The summed E-state index contributed by atoms with van der Waals surface area (Å²) in [5.74, 6) is -0.0137. The number of aromatic nitrogens is 2. The van der Waals surface area contributed by atoms with E-state index < -0.39 is 0 Å². The van der Waals surface area contributed by atoms with E-state index in [4.69, 9.17) is 10.5 Å². The fraction of sp³-hybridized carbons (Fsp3) is 0.267. The number of anilines is 2. The van der Waals surface area contributed by atoms with Crippen LogP contribution in [0, 0.1) is 0 Å². The van der Waals surface area contributed by atoms with Crippen molar-refractivity contribution in [2.24, 2.45) is 0 Å². The van der Waals surface area contributed by atoms with E-state index in [9.17, 15) is 4.79 Å². The van der Waals surface area contributed by atoms with Crippen molar-refractivity contribution < 1.29 is 9.53 Å². The van der Waals surface area contributed by atoms with Gasteiger partial charge in [-0.3, -0.25) is 0 Å². The minimum atomic E-state index is -0.328. The molecule has 0 bridgehead atoms. The quantitative estimate of drug-likeness (QED) is 0.840. The Bertz CT molecular complexity index is 687. The van der Waals surface area contributed by atoms with Crippen molar-refractivity contribution in [3.63, 3.8) is 0 Å². The van der Waals surface area contributed by atoms with Gasteiger partial charge in [-0.2, -0.15) is 0 Å². The molecule has 0 saturated carbocycles. The fourth-order valence-electron chi connectivity index (χ4n) is 2.50. The van der Waals surface area contributed by atoms with Crippen molar-refractivity contribution in [1.29, 1.82) is 0 Å². The summed E-state index contributed by atoms with van der Waals surface area (Å²) in [4.78, 5) is 22.1. The van der Waals surface area contributed by atoms with Gasteiger partial charge in [0.25, 0.3) is 0 Å². The molecule has 3 rings (SSSR count). The van der Waals surface area contributed by atoms with Crippen LogP contribution in [0.3, 0.4) is 0 Å². The van der Waals surface area contributed by atoms with Crippen LogP contribution >= 0.6 is 0 Å². The van der Waals surface area contributed by atoms with Crippen LogP contribution in [0.2, 0.25) is 0 Å². The Morgan fingerprint density at radius 2 is 2.29 bits per heavy atom. The number of nitrogens with zero attached hydrogens (tertiary/aromatic N) is 3. The smallest absolute Gasteiger partial charge is 0.337 e. The minimum absolute atomic E-state index is 0.315. The largest absolute Gasteiger partial charge is 0.465 e. The first kappa shape index (κ1) is 13.4. The molecule has 0 saturated heterocycles. The fourth-order valence-corrected chi connectivity index (χ4v) is 2.50. The lowest BCUT2D eigenvalue weighted by molar-refractivity contribution is 0.0601. The topological polar surface area (TPSA) is 81.3 Å². The number of methoxy groups -OCH3 is 1. The lowest BCUT2D eigenvalue weighted by atomic mass is 10.1. The average Bonchev–Trinajstić information content (AvgIpc) is 2.53. The van der Waals surface area contributed by atoms with E-state index in [1.807, 2.05) is 18.2 Å². The van der Waals surface area contributed by atoms with E-state index in [-0.39, 0.29) is 5.97 Å². The van der Waals surface area contributed by atoms with Crippen molar-refractivity contribution in [3.8, 4) is 0 Å². The van der Waals surface area contributed by atoms with Gasteiger partial charge < -0.3 is 15.4 Å². The molecule has 0 aliphatic carbocycles. The monoisotopic (exact) mass is 284 g/mol. The van der Waals surface area contributed by atoms with Gasteiger partial charge in [-0.15, -0.1) is 0 Å². The molecule has 0 unspecified atom stereocenters. The van der Waals surface area contributed by atoms with Crippen LogP contribution in [0.15, 0.2) is 30.5 Å². The number of nitrogen functional groups attached to an aromatic ring is 1. The van der Waals surface area contributed by atoms with E-state index in [2.05, 4.69) is 14.9 Å². The van der Waals surface area contributed by atoms with Gasteiger partial charge in [0.2, 0.25) is 5.95 Å². The molecule has 0 radical (unpaired) electrons. The Kier molecular flexibility index (Phi) is 3.43. The maximum Gasteiger partial charge on any atom is 0.337 e. The standard InChI is InChI=1S/C15H16N4O2/c1-21-14(20)10-3-2-4-12(7-10)19-6-5-13-11(9-19)8-17-15(16)18-13/h2-4,7-8H,5-6,9H2,1H3,(H2,16,17,18). The van der Waals surface area contributed by atoms with Crippen molar-refractivity contribution in [2.45, 2.75) is 13.0 Å². The lowest BCUT2D eigenvalue weighted by Gasteiger charge is -2.30. The zero-order valence-electron chi connectivity index (χ0n) is 11.7. The van der Waals surface area contributed by atoms with E-state index in [1.165, 1.54) is 7.11 Å². The van der Waals surface area contributed by atoms with Gasteiger partial charge in [0.1, 0.15) is 0 Å². The first-order valence-corrected chi connectivity index (χ1v) is 6.71. The Hall–Kier alpha value is -2.63. The number of carbonyl (C=O) groups excluding carboxylic acids is 1. The summed E-state index contributed by atoms with van der Waals surface area (Å²) in [5.41, 5.74) is 9.22. The predicted molar refractivity (Wildman–Crippen MR) is 79.0 cm³/mol. The highest BCUT2D eigenvalue weighted by molar-refractivity contribution is 5.90. The van der Waals surface area contributed by atoms with Gasteiger partial charge in [0.15, 0.2) is 0 Å². The molecule has 2 aromatic rings. The van der Waals surface area contributed by atoms with E-state index in [1.54, 1.807) is 12.3 Å². The lowest BCUT2D eigenvalue weighted by Crippen LogP contribution is -2.31. The van der Waals surface area contributed by atoms with Crippen LogP contribution in [0.25, 0.3) is 0 Å². The van der Waals surface area contributed by atoms with Gasteiger partial charge in [-0.1, -0.05) is 6.07 Å². The summed E-state index contributed by atoms with van der Waals surface area (Å²) in [7, 11) is 1.38. The van der Waals surface area contributed by atoms with Crippen LogP contribution in [0.1, 0.15) is 21.6 Å². The molecule has 2 heterocycles. The molecule has 21 heavy (non-hydrogen) atoms. The number of fused-ring (bicyclic) bond motifs is 1. The molecule has 0 atom stereocenters. The van der Waals surface area contributed by atoms with Gasteiger partial charge in [-0.25, -0.2) is 14.8 Å². The number of hydrogen-bond acceptors (Lipinski definition) is 6. The zero-order valence-corrected chi connectivity index (χ0v) is 11.7. The van der Waals surface area contributed by atoms with Crippen molar-refractivity contribution in [1.82, 2.24) is 9.97 Å². The third-order valence-electron chi connectivity index (χ3n) is 3.58. The van der Waals surface area contributed by atoms with Gasteiger partial charge in [0, 0.05) is 37.0 Å². The van der Waals surface area contributed by atoms with Crippen molar-refractivity contribution >= 4 is 17.6 Å². The third kappa shape index (κ3) is 2.65. The number of nitrogens with two attached hydrogens (primary N) is 1. The summed E-state index contributed by atoms with van der Waals surface area (Å²) < 4.78 is 4.76. The Balaban J connectivity index is 1.86. The molecule has 1 aromatic heterocycles. The summed E-state index contributed by atoms with van der Waals surface area (Å²) in [5, 5.41) is 0. The van der Waals surface area contributed by atoms with E-state index in [0.29, 0.717) is 18.1 Å². The third-order valence-corrected chi connectivity index (χ3v) is 3.58. The molecule has 1 aliphatic heterocycles.